The van der Waals surface area contributed by atoms with E-state index in [1.807, 2.05) is 18.2 Å². The molecule has 0 bridgehead atoms. The van der Waals surface area contributed by atoms with Gasteiger partial charge in [0.25, 0.3) is 11.6 Å². The lowest BCUT2D eigenvalue weighted by Gasteiger charge is -2.28. The molecule has 0 saturated carbocycles. The Morgan fingerprint density at radius 3 is 2.86 bits per heavy atom. The molecule has 2 aromatic rings. The third-order valence-corrected chi connectivity index (χ3v) is 4.79. The summed E-state index contributed by atoms with van der Waals surface area (Å²) in [5.74, 6) is -0.442. The molecule has 0 spiro atoms. The fourth-order valence-corrected chi connectivity index (χ4v) is 3.34. The zero-order valence-corrected chi connectivity index (χ0v) is 14.9. The molecule has 0 aliphatic carbocycles. The Morgan fingerprint density at radius 2 is 2.04 bits per heavy atom. The van der Waals surface area contributed by atoms with E-state index < -0.39 is 10.8 Å². The number of carbonyl (C=O) groups is 2. The normalized spacial score (nSPS) is 14.9. The summed E-state index contributed by atoms with van der Waals surface area (Å²) >= 11 is 0. The molecule has 144 valence electrons. The number of benzene rings is 2. The molecule has 4 rings (SSSR count). The van der Waals surface area contributed by atoms with Gasteiger partial charge in [-0.3, -0.25) is 24.6 Å². The van der Waals surface area contributed by atoms with Gasteiger partial charge in [-0.1, -0.05) is 18.2 Å². The Balaban J connectivity index is 1.45. The minimum absolute atomic E-state index is 0.172. The number of non-ortho nitro benzene ring substituents is 1. The van der Waals surface area contributed by atoms with Crippen LogP contribution in [0.5, 0.6) is 5.75 Å². The Kier molecular flexibility index (Phi) is 4.66. The first-order valence-corrected chi connectivity index (χ1v) is 8.81. The topological polar surface area (TPSA) is 114 Å². The number of nitro benzene ring substituents is 1. The average Bonchev–Trinajstić information content (AvgIpc) is 3.16. The second-order valence-corrected chi connectivity index (χ2v) is 6.66. The minimum Gasteiger partial charge on any atom is -0.482 e. The molecule has 0 saturated heterocycles. The van der Waals surface area contributed by atoms with Crippen molar-refractivity contribution in [3.05, 3.63) is 63.2 Å². The lowest BCUT2D eigenvalue weighted by Crippen LogP contribution is -2.45. The lowest BCUT2D eigenvalue weighted by molar-refractivity contribution is -0.384. The van der Waals surface area contributed by atoms with Crippen molar-refractivity contribution in [2.45, 2.75) is 19.6 Å². The van der Waals surface area contributed by atoms with Crippen LogP contribution in [0, 0.1) is 10.1 Å². The molecule has 0 aromatic heterocycles. The van der Waals surface area contributed by atoms with Crippen molar-refractivity contribution in [1.29, 1.82) is 0 Å². The third kappa shape index (κ3) is 3.52. The number of nitro groups is 1. The van der Waals surface area contributed by atoms with Gasteiger partial charge in [-0.2, -0.15) is 0 Å². The molecule has 0 radical (unpaired) electrons. The fourth-order valence-electron chi connectivity index (χ4n) is 3.34. The molecule has 2 amide bonds. The van der Waals surface area contributed by atoms with Crippen LogP contribution in [0.15, 0.2) is 36.4 Å². The Morgan fingerprint density at radius 1 is 1.21 bits per heavy atom. The van der Waals surface area contributed by atoms with Gasteiger partial charge < -0.3 is 15.4 Å². The summed E-state index contributed by atoms with van der Waals surface area (Å²) in [5.41, 5.74) is 3.50. The van der Waals surface area contributed by atoms with Gasteiger partial charge in [-0.05, 0) is 22.8 Å². The van der Waals surface area contributed by atoms with Crippen molar-refractivity contribution in [1.82, 2.24) is 10.6 Å². The number of amides is 2. The first-order valence-electron chi connectivity index (χ1n) is 8.81. The van der Waals surface area contributed by atoms with E-state index >= 15 is 0 Å². The molecule has 2 aliphatic heterocycles. The number of nitrogens with zero attached hydrogens (tertiary/aromatic N) is 2. The standard InChI is InChI=1S/C19H18N4O5/c24-18(21-7-12-1-2-13-8-20-9-14(13)5-12)10-22-16-6-15(23(26)27)3-4-17(16)28-11-19(22)25/h1-6,20H,7-11H2,(H,21,24). The highest BCUT2D eigenvalue weighted by atomic mass is 16.6. The zero-order chi connectivity index (χ0) is 19.7. The number of anilines is 1. The molecule has 2 aliphatic rings. The highest BCUT2D eigenvalue weighted by Crippen LogP contribution is 2.35. The van der Waals surface area contributed by atoms with Crippen LogP contribution in [-0.4, -0.2) is 29.9 Å². The van der Waals surface area contributed by atoms with Crippen molar-refractivity contribution < 1.29 is 19.2 Å². The summed E-state index contributed by atoms with van der Waals surface area (Å²) in [4.78, 5) is 36.3. The van der Waals surface area contributed by atoms with Crippen LogP contribution in [0.25, 0.3) is 0 Å². The van der Waals surface area contributed by atoms with E-state index in [1.54, 1.807) is 0 Å². The molecule has 2 heterocycles. The van der Waals surface area contributed by atoms with E-state index in [-0.39, 0.29) is 30.4 Å². The molecular weight excluding hydrogens is 364 g/mol. The van der Waals surface area contributed by atoms with Crippen LogP contribution >= 0.6 is 0 Å². The molecule has 9 heteroatoms. The van der Waals surface area contributed by atoms with E-state index in [0.29, 0.717) is 12.3 Å². The number of nitrogens with one attached hydrogen (secondary N) is 2. The summed E-state index contributed by atoms with van der Waals surface area (Å²) < 4.78 is 5.30. The van der Waals surface area contributed by atoms with Gasteiger partial charge in [-0.15, -0.1) is 0 Å². The summed E-state index contributed by atoms with van der Waals surface area (Å²) in [6.07, 6.45) is 0. The van der Waals surface area contributed by atoms with E-state index in [4.69, 9.17) is 4.74 Å². The average molecular weight is 382 g/mol. The van der Waals surface area contributed by atoms with Crippen LogP contribution in [0.1, 0.15) is 16.7 Å². The Hall–Kier alpha value is -3.46. The number of hydrogen-bond donors (Lipinski definition) is 2. The van der Waals surface area contributed by atoms with E-state index in [0.717, 1.165) is 18.7 Å². The van der Waals surface area contributed by atoms with Crippen molar-refractivity contribution in [3.63, 3.8) is 0 Å². The monoisotopic (exact) mass is 382 g/mol. The second-order valence-electron chi connectivity index (χ2n) is 6.66. The van der Waals surface area contributed by atoms with Crippen molar-refractivity contribution in [2.24, 2.45) is 0 Å². The smallest absolute Gasteiger partial charge is 0.271 e. The van der Waals surface area contributed by atoms with Gasteiger partial charge in [0.1, 0.15) is 12.3 Å². The lowest BCUT2D eigenvalue weighted by atomic mass is 10.1. The van der Waals surface area contributed by atoms with E-state index in [2.05, 4.69) is 10.6 Å². The van der Waals surface area contributed by atoms with Gasteiger partial charge in [0, 0.05) is 31.8 Å². The van der Waals surface area contributed by atoms with Crippen LogP contribution in [-0.2, 0) is 29.2 Å². The fraction of sp³-hybridized carbons (Fsp3) is 0.263. The summed E-state index contributed by atoms with van der Waals surface area (Å²) in [6.45, 7) is 1.56. The summed E-state index contributed by atoms with van der Waals surface area (Å²) in [6, 6.07) is 10.0. The van der Waals surface area contributed by atoms with E-state index in [1.165, 1.54) is 34.2 Å². The maximum atomic E-state index is 12.4. The maximum absolute atomic E-state index is 12.4. The largest absolute Gasteiger partial charge is 0.482 e. The number of fused-ring (bicyclic) bond motifs is 2. The van der Waals surface area contributed by atoms with Crippen LogP contribution in [0.3, 0.4) is 0 Å². The second kappa shape index (κ2) is 7.28. The summed E-state index contributed by atoms with van der Waals surface area (Å²) in [5, 5.41) is 17.1. The Bertz CT molecular complexity index is 975. The molecule has 2 N–H and O–H groups in total. The van der Waals surface area contributed by atoms with Gasteiger partial charge in [0.15, 0.2) is 6.61 Å². The number of rotatable bonds is 5. The first kappa shape index (κ1) is 17.9. The first-order chi connectivity index (χ1) is 13.5. The highest BCUT2D eigenvalue weighted by molar-refractivity contribution is 6.02. The van der Waals surface area contributed by atoms with Gasteiger partial charge in [0.2, 0.25) is 5.91 Å². The molecule has 2 aromatic carbocycles. The van der Waals surface area contributed by atoms with Crippen LogP contribution in [0.2, 0.25) is 0 Å². The van der Waals surface area contributed by atoms with Crippen molar-refractivity contribution in [2.75, 3.05) is 18.1 Å². The Labute approximate surface area is 160 Å². The predicted octanol–water partition coefficient (Wildman–Crippen LogP) is 1.24. The molecule has 9 nitrogen and oxygen atoms in total. The van der Waals surface area contributed by atoms with Crippen molar-refractivity contribution in [3.8, 4) is 5.75 Å². The quantitative estimate of drug-likeness (QED) is 0.594. The number of carbonyl (C=O) groups excluding carboxylic acids is 2. The predicted molar refractivity (Wildman–Crippen MR) is 99.8 cm³/mol. The SMILES string of the molecule is O=C(CN1C(=O)COc2ccc([N+](=O)[O-])cc21)NCc1ccc2c(c1)CNC2. The van der Waals surface area contributed by atoms with Crippen LogP contribution in [0.4, 0.5) is 11.4 Å². The van der Waals surface area contributed by atoms with Crippen molar-refractivity contribution >= 4 is 23.2 Å². The number of ether oxygens (including phenoxy) is 1. The zero-order valence-electron chi connectivity index (χ0n) is 14.9. The third-order valence-electron chi connectivity index (χ3n) is 4.79. The molecule has 0 fully saturated rings. The molecule has 0 atom stereocenters. The molecule has 0 unspecified atom stereocenters. The molecule has 28 heavy (non-hydrogen) atoms. The highest BCUT2D eigenvalue weighted by Gasteiger charge is 2.29. The maximum Gasteiger partial charge on any atom is 0.271 e. The summed E-state index contributed by atoms with van der Waals surface area (Å²) in [7, 11) is 0. The van der Waals surface area contributed by atoms with Gasteiger partial charge in [-0.25, -0.2) is 0 Å². The van der Waals surface area contributed by atoms with Crippen LogP contribution < -0.4 is 20.3 Å². The van der Waals surface area contributed by atoms with E-state index in [9.17, 15) is 19.7 Å². The molecular formula is C19H18N4O5. The van der Waals surface area contributed by atoms with Gasteiger partial charge >= 0.3 is 0 Å². The van der Waals surface area contributed by atoms with Gasteiger partial charge in [0.05, 0.1) is 10.6 Å². The number of hydrogen-bond acceptors (Lipinski definition) is 6. The minimum atomic E-state index is -0.555.